The average molecular weight is 522 g/mol. The standard InChI is InChI=1S/C32H41F2N3O/c1-21-13-16-37(17-14-21)24(4)26(12-15-32(19-22(32)2)27-7-9-28(33)10-8-27)20-36-31(38)23(3)25-6-11-30(35-5)29(34)18-25/h6-12,15,18,21-23,35H,13-14,16-17,19-20H2,1-5H3,(H,36,38)/b15-12-,26-24-. The number of nitrogens with zero attached hydrogens (tertiary/aromatic N) is 1. The van der Waals surface area contributed by atoms with E-state index >= 15 is 0 Å². The van der Waals surface area contributed by atoms with Crippen LogP contribution in [0.4, 0.5) is 14.5 Å². The van der Waals surface area contributed by atoms with Crippen molar-refractivity contribution in [2.24, 2.45) is 11.8 Å². The zero-order valence-corrected chi connectivity index (χ0v) is 23.3. The number of carbonyl (C=O) groups is 1. The third kappa shape index (κ3) is 6.11. The zero-order valence-electron chi connectivity index (χ0n) is 23.3. The Hall–Kier alpha value is -3.15. The lowest BCUT2D eigenvalue weighted by Crippen LogP contribution is -2.34. The molecule has 0 radical (unpaired) electrons. The summed E-state index contributed by atoms with van der Waals surface area (Å²) in [4.78, 5) is 15.5. The lowest BCUT2D eigenvalue weighted by atomic mass is 9.92. The third-order valence-corrected chi connectivity index (χ3v) is 8.66. The highest BCUT2D eigenvalue weighted by molar-refractivity contribution is 5.83. The molecule has 1 heterocycles. The summed E-state index contributed by atoms with van der Waals surface area (Å²) >= 11 is 0. The highest BCUT2D eigenvalue weighted by atomic mass is 19.1. The van der Waals surface area contributed by atoms with Gasteiger partial charge < -0.3 is 15.5 Å². The van der Waals surface area contributed by atoms with E-state index in [1.807, 2.05) is 12.1 Å². The predicted octanol–water partition coefficient (Wildman–Crippen LogP) is 6.77. The molecule has 3 atom stereocenters. The number of nitrogens with one attached hydrogen (secondary N) is 2. The second-order valence-corrected chi connectivity index (χ2v) is 11.2. The van der Waals surface area contributed by atoms with Crippen LogP contribution in [0.1, 0.15) is 64.0 Å². The topological polar surface area (TPSA) is 44.4 Å². The second-order valence-electron chi connectivity index (χ2n) is 11.2. The Morgan fingerprint density at radius 3 is 2.37 bits per heavy atom. The molecule has 38 heavy (non-hydrogen) atoms. The summed E-state index contributed by atoms with van der Waals surface area (Å²) in [6.45, 7) is 10.9. The lowest BCUT2D eigenvalue weighted by molar-refractivity contribution is -0.122. The van der Waals surface area contributed by atoms with E-state index in [1.54, 1.807) is 26.1 Å². The first-order chi connectivity index (χ1) is 18.1. The molecule has 2 aliphatic rings. The molecule has 2 aromatic rings. The number of anilines is 1. The number of halogens is 2. The Morgan fingerprint density at radius 1 is 1.13 bits per heavy atom. The van der Waals surface area contributed by atoms with Crippen LogP contribution < -0.4 is 10.6 Å². The van der Waals surface area contributed by atoms with Gasteiger partial charge in [-0.1, -0.05) is 44.2 Å². The van der Waals surface area contributed by atoms with Crippen molar-refractivity contribution in [2.75, 3.05) is 32.0 Å². The number of carbonyl (C=O) groups excluding carboxylic acids is 1. The Kier molecular flexibility index (Phi) is 8.59. The van der Waals surface area contributed by atoms with Crippen molar-refractivity contribution in [1.82, 2.24) is 10.2 Å². The number of benzene rings is 2. The number of amides is 1. The molecule has 2 N–H and O–H groups in total. The number of piperidine rings is 1. The molecule has 0 spiro atoms. The molecule has 2 aromatic carbocycles. The molecule has 1 amide bonds. The maximum Gasteiger partial charge on any atom is 0.227 e. The van der Waals surface area contributed by atoms with Gasteiger partial charge in [-0.3, -0.25) is 4.79 Å². The van der Waals surface area contributed by atoms with Gasteiger partial charge in [0.05, 0.1) is 11.6 Å². The van der Waals surface area contributed by atoms with Crippen molar-refractivity contribution in [3.8, 4) is 0 Å². The van der Waals surface area contributed by atoms with Crippen LogP contribution in [-0.2, 0) is 10.2 Å². The molecular weight excluding hydrogens is 480 g/mol. The summed E-state index contributed by atoms with van der Waals surface area (Å²) in [5.41, 5.74) is 4.30. The van der Waals surface area contributed by atoms with Gasteiger partial charge in [0.25, 0.3) is 0 Å². The molecule has 1 saturated carbocycles. The van der Waals surface area contributed by atoms with E-state index < -0.39 is 5.92 Å². The van der Waals surface area contributed by atoms with Gasteiger partial charge in [0.1, 0.15) is 11.6 Å². The smallest absolute Gasteiger partial charge is 0.227 e. The van der Waals surface area contributed by atoms with E-state index in [2.05, 4.69) is 48.5 Å². The number of allylic oxidation sites excluding steroid dienone is 2. The van der Waals surface area contributed by atoms with Gasteiger partial charge in [0.15, 0.2) is 0 Å². The molecule has 6 heteroatoms. The van der Waals surface area contributed by atoms with Crippen molar-refractivity contribution < 1.29 is 13.6 Å². The van der Waals surface area contributed by atoms with Crippen LogP contribution in [0.3, 0.4) is 0 Å². The Morgan fingerprint density at radius 2 is 1.79 bits per heavy atom. The largest absolute Gasteiger partial charge is 0.386 e. The van der Waals surface area contributed by atoms with Crippen LogP contribution in [-0.4, -0.2) is 37.5 Å². The van der Waals surface area contributed by atoms with Crippen LogP contribution in [0.15, 0.2) is 65.9 Å². The molecular formula is C32H41F2N3O. The summed E-state index contributed by atoms with van der Waals surface area (Å²) in [6, 6.07) is 11.7. The summed E-state index contributed by atoms with van der Waals surface area (Å²) in [6.07, 6.45) is 7.73. The SMILES string of the molecule is CNc1ccc(C(C)C(=O)NCC(/C=C\C2(c3ccc(F)cc3)CC2C)=C(/C)N2CCC(C)CC2)cc1F. The molecule has 1 aliphatic carbocycles. The van der Waals surface area contributed by atoms with E-state index in [9.17, 15) is 13.6 Å². The molecule has 1 saturated heterocycles. The fourth-order valence-electron chi connectivity index (χ4n) is 5.53. The molecule has 4 nitrogen and oxygen atoms in total. The summed E-state index contributed by atoms with van der Waals surface area (Å²) in [5.74, 6) is -0.0253. The lowest BCUT2D eigenvalue weighted by Gasteiger charge is -2.34. The fraction of sp³-hybridized carbons (Fsp3) is 0.469. The Bertz CT molecular complexity index is 1200. The van der Waals surface area contributed by atoms with Gasteiger partial charge in [-0.2, -0.15) is 0 Å². The van der Waals surface area contributed by atoms with E-state index in [0.29, 0.717) is 23.7 Å². The van der Waals surface area contributed by atoms with Crippen molar-refractivity contribution in [3.05, 3.63) is 88.6 Å². The van der Waals surface area contributed by atoms with E-state index in [0.717, 1.165) is 49.4 Å². The number of hydrogen-bond acceptors (Lipinski definition) is 3. The maximum atomic E-state index is 14.3. The number of likely N-dealkylation sites (tertiary alicyclic amines) is 1. The van der Waals surface area contributed by atoms with Gasteiger partial charge >= 0.3 is 0 Å². The van der Waals surface area contributed by atoms with Crippen molar-refractivity contribution in [1.29, 1.82) is 0 Å². The summed E-state index contributed by atoms with van der Waals surface area (Å²) in [7, 11) is 1.67. The van der Waals surface area contributed by atoms with Gasteiger partial charge in [-0.15, -0.1) is 0 Å². The van der Waals surface area contributed by atoms with Gasteiger partial charge in [0.2, 0.25) is 5.91 Å². The monoisotopic (exact) mass is 521 g/mol. The molecule has 0 aromatic heterocycles. The van der Waals surface area contributed by atoms with Crippen molar-refractivity contribution in [2.45, 2.75) is 58.3 Å². The Labute approximate surface area is 226 Å². The minimum absolute atomic E-state index is 0.112. The highest BCUT2D eigenvalue weighted by Crippen LogP contribution is 2.55. The van der Waals surface area contributed by atoms with Crippen LogP contribution in [0, 0.1) is 23.5 Å². The van der Waals surface area contributed by atoms with Gasteiger partial charge in [0, 0.05) is 37.8 Å². The van der Waals surface area contributed by atoms with Crippen molar-refractivity contribution in [3.63, 3.8) is 0 Å². The van der Waals surface area contributed by atoms with Gasteiger partial charge in [-0.05, 0) is 85.9 Å². The first-order valence-electron chi connectivity index (χ1n) is 13.8. The van der Waals surface area contributed by atoms with E-state index in [4.69, 9.17) is 0 Å². The van der Waals surface area contributed by atoms with Crippen LogP contribution >= 0.6 is 0 Å². The number of hydrogen-bond donors (Lipinski definition) is 2. The molecule has 1 aliphatic heterocycles. The Balaban J connectivity index is 1.54. The van der Waals surface area contributed by atoms with Crippen LogP contribution in [0.5, 0.6) is 0 Å². The normalized spacial score (nSPS) is 23.2. The second kappa shape index (κ2) is 11.7. The van der Waals surface area contributed by atoms with E-state index in [-0.39, 0.29) is 23.0 Å². The zero-order chi connectivity index (χ0) is 27.4. The third-order valence-electron chi connectivity index (χ3n) is 8.66. The minimum Gasteiger partial charge on any atom is -0.386 e. The molecule has 2 fully saturated rings. The minimum atomic E-state index is -0.481. The first kappa shape index (κ1) is 27.9. The van der Waals surface area contributed by atoms with E-state index in [1.165, 1.54) is 23.9 Å². The van der Waals surface area contributed by atoms with Crippen LogP contribution in [0.2, 0.25) is 0 Å². The highest BCUT2D eigenvalue weighted by Gasteiger charge is 2.50. The summed E-state index contributed by atoms with van der Waals surface area (Å²) in [5, 5.41) is 5.92. The van der Waals surface area contributed by atoms with Crippen LogP contribution in [0.25, 0.3) is 0 Å². The molecule has 3 unspecified atom stereocenters. The first-order valence-corrected chi connectivity index (χ1v) is 13.8. The van der Waals surface area contributed by atoms with Gasteiger partial charge in [-0.25, -0.2) is 8.78 Å². The van der Waals surface area contributed by atoms with Crippen molar-refractivity contribution >= 4 is 11.6 Å². The molecule has 204 valence electrons. The summed E-state index contributed by atoms with van der Waals surface area (Å²) < 4.78 is 27.9. The fourth-order valence-corrected chi connectivity index (χ4v) is 5.53. The molecule has 4 rings (SSSR count). The number of rotatable bonds is 9. The molecule has 0 bridgehead atoms. The predicted molar refractivity (Wildman–Crippen MR) is 151 cm³/mol. The maximum absolute atomic E-state index is 14.3. The average Bonchev–Trinajstić information content (AvgIpc) is 3.58. The quantitative estimate of drug-likeness (QED) is 0.358.